The first kappa shape index (κ1) is 12.8. The Hall–Kier alpha value is -0.160. The van der Waals surface area contributed by atoms with Crippen molar-refractivity contribution in [1.82, 2.24) is 0 Å². The number of aliphatic hydroxyl groups is 3. The zero-order chi connectivity index (χ0) is 10.3. The average molecular weight is 192 g/mol. The Labute approximate surface area is 79.2 Å². The zero-order valence-corrected chi connectivity index (χ0v) is 8.36. The third kappa shape index (κ3) is 5.21. The molecule has 0 radical (unpaired) electrons. The average Bonchev–Trinajstić information content (AvgIpc) is 2.17. The maximum atomic E-state index is 9.58. The van der Waals surface area contributed by atoms with Gasteiger partial charge in [-0.15, -0.1) is 0 Å². The SMILES string of the molecule is CCC(O)(CO)COCC(C)CO. The molecule has 3 N–H and O–H groups in total. The van der Waals surface area contributed by atoms with Crippen molar-refractivity contribution in [2.24, 2.45) is 5.92 Å². The van der Waals surface area contributed by atoms with Crippen LogP contribution < -0.4 is 0 Å². The van der Waals surface area contributed by atoms with E-state index >= 15 is 0 Å². The highest BCUT2D eigenvalue weighted by Crippen LogP contribution is 2.09. The van der Waals surface area contributed by atoms with Crippen LogP contribution in [0.4, 0.5) is 0 Å². The topological polar surface area (TPSA) is 69.9 Å². The van der Waals surface area contributed by atoms with Crippen molar-refractivity contribution < 1.29 is 20.1 Å². The summed E-state index contributed by atoms with van der Waals surface area (Å²) in [5.41, 5.74) is -1.13. The Kier molecular flexibility index (Phi) is 6.24. The Balaban J connectivity index is 3.61. The number of aliphatic hydroxyl groups excluding tert-OH is 2. The molecule has 4 heteroatoms. The number of rotatable bonds is 7. The third-order valence-corrected chi connectivity index (χ3v) is 2.04. The van der Waals surface area contributed by atoms with Crippen molar-refractivity contribution in [2.75, 3.05) is 26.4 Å². The highest BCUT2D eigenvalue weighted by atomic mass is 16.5. The van der Waals surface area contributed by atoms with Gasteiger partial charge < -0.3 is 20.1 Å². The van der Waals surface area contributed by atoms with E-state index in [0.717, 1.165) is 0 Å². The predicted molar refractivity (Wildman–Crippen MR) is 49.4 cm³/mol. The lowest BCUT2D eigenvalue weighted by Crippen LogP contribution is -2.38. The van der Waals surface area contributed by atoms with E-state index in [1.165, 1.54) is 0 Å². The molecule has 80 valence electrons. The molecule has 0 aromatic rings. The summed E-state index contributed by atoms with van der Waals surface area (Å²) in [7, 11) is 0. The van der Waals surface area contributed by atoms with Gasteiger partial charge in [-0.1, -0.05) is 13.8 Å². The van der Waals surface area contributed by atoms with Crippen LogP contribution in [-0.2, 0) is 4.74 Å². The molecule has 0 heterocycles. The first-order chi connectivity index (χ1) is 6.08. The van der Waals surface area contributed by atoms with Gasteiger partial charge in [0.05, 0.1) is 19.8 Å². The van der Waals surface area contributed by atoms with E-state index in [9.17, 15) is 5.11 Å². The lowest BCUT2D eigenvalue weighted by Gasteiger charge is -2.24. The second-order valence-corrected chi connectivity index (χ2v) is 3.54. The Morgan fingerprint density at radius 2 is 2.00 bits per heavy atom. The molecule has 13 heavy (non-hydrogen) atoms. The second-order valence-electron chi connectivity index (χ2n) is 3.54. The number of ether oxygens (including phenoxy) is 1. The van der Waals surface area contributed by atoms with Gasteiger partial charge in [0.1, 0.15) is 5.60 Å². The van der Waals surface area contributed by atoms with Crippen LogP contribution in [0, 0.1) is 5.92 Å². The molecule has 0 spiro atoms. The molecule has 2 atom stereocenters. The Morgan fingerprint density at radius 3 is 2.38 bits per heavy atom. The molecular formula is C9H20O4. The summed E-state index contributed by atoms with van der Waals surface area (Å²) in [5, 5.41) is 27.1. The molecule has 0 aromatic heterocycles. The number of hydrogen-bond donors (Lipinski definition) is 3. The second kappa shape index (κ2) is 6.32. The smallest absolute Gasteiger partial charge is 0.111 e. The van der Waals surface area contributed by atoms with Crippen LogP contribution in [0.25, 0.3) is 0 Å². The van der Waals surface area contributed by atoms with Crippen molar-refractivity contribution in [3.05, 3.63) is 0 Å². The largest absolute Gasteiger partial charge is 0.396 e. The van der Waals surface area contributed by atoms with Gasteiger partial charge in [-0.25, -0.2) is 0 Å². The normalized spacial score (nSPS) is 18.2. The van der Waals surface area contributed by atoms with Crippen LogP contribution in [-0.4, -0.2) is 47.3 Å². The van der Waals surface area contributed by atoms with Gasteiger partial charge in [0.2, 0.25) is 0 Å². The maximum absolute atomic E-state index is 9.58. The molecule has 0 rings (SSSR count). The highest BCUT2D eigenvalue weighted by molar-refractivity contribution is 4.74. The minimum absolute atomic E-state index is 0.0693. The van der Waals surface area contributed by atoms with Crippen molar-refractivity contribution >= 4 is 0 Å². The van der Waals surface area contributed by atoms with Gasteiger partial charge in [0.15, 0.2) is 0 Å². The molecule has 0 fully saturated rings. The molecule has 0 aliphatic heterocycles. The zero-order valence-electron chi connectivity index (χ0n) is 8.36. The molecule has 0 amide bonds. The summed E-state index contributed by atoms with van der Waals surface area (Å²) < 4.78 is 5.16. The van der Waals surface area contributed by atoms with E-state index < -0.39 is 5.60 Å². The van der Waals surface area contributed by atoms with Gasteiger partial charge >= 0.3 is 0 Å². The van der Waals surface area contributed by atoms with E-state index in [-0.39, 0.29) is 25.7 Å². The van der Waals surface area contributed by atoms with Gasteiger partial charge in [-0.2, -0.15) is 0 Å². The van der Waals surface area contributed by atoms with Crippen LogP contribution in [0.15, 0.2) is 0 Å². The third-order valence-electron chi connectivity index (χ3n) is 2.04. The minimum atomic E-state index is -1.13. The fourth-order valence-corrected chi connectivity index (χ4v) is 0.762. The molecule has 0 aromatic carbocycles. The first-order valence-corrected chi connectivity index (χ1v) is 4.60. The first-order valence-electron chi connectivity index (χ1n) is 4.60. The summed E-state index contributed by atoms with van der Waals surface area (Å²) in [4.78, 5) is 0. The summed E-state index contributed by atoms with van der Waals surface area (Å²) >= 11 is 0. The minimum Gasteiger partial charge on any atom is -0.396 e. The van der Waals surface area contributed by atoms with Gasteiger partial charge in [0, 0.05) is 12.5 Å². The molecule has 0 aliphatic rings. The monoisotopic (exact) mass is 192 g/mol. The van der Waals surface area contributed by atoms with E-state index in [1.807, 2.05) is 6.92 Å². The summed E-state index contributed by atoms with van der Waals surface area (Å²) in [5.74, 6) is 0.0693. The lowest BCUT2D eigenvalue weighted by atomic mass is 10.0. The van der Waals surface area contributed by atoms with Crippen molar-refractivity contribution in [1.29, 1.82) is 0 Å². The molecule has 2 unspecified atom stereocenters. The summed E-state index contributed by atoms with van der Waals surface area (Å²) in [6.07, 6.45) is 0.455. The van der Waals surface area contributed by atoms with Gasteiger partial charge in [0.25, 0.3) is 0 Å². The number of hydrogen-bond acceptors (Lipinski definition) is 4. The summed E-state index contributed by atoms with van der Waals surface area (Å²) in [6, 6.07) is 0. The van der Waals surface area contributed by atoms with Crippen molar-refractivity contribution in [2.45, 2.75) is 25.9 Å². The van der Waals surface area contributed by atoms with Crippen LogP contribution in [0.5, 0.6) is 0 Å². The lowest BCUT2D eigenvalue weighted by molar-refractivity contribution is -0.0860. The van der Waals surface area contributed by atoms with Gasteiger partial charge in [-0.3, -0.25) is 0 Å². The van der Waals surface area contributed by atoms with Gasteiger partial charge in [-0.05, 0) is 6.42 Å². The summed E-state index contributed by atoms with van der Waals surface area (Å²) in [6.45, 7) is 3.93. The molecule has 0 saturated heterocycles. The molecule has 0 bridgehead atoms. The van der Waals surface area contributed by atoms with Crippen LogP contribution in [0.3, 0.4) is 0 Å². The Bertz CT molecular complexity index is 123. The maximum Gasteiger partial charge on any atom is 0.111 e. The van der Waals surface area contributed by atoms with E-state index in [1.54, 1.807) is 6.92 Å². The van der Waals surface area contributed by atoms with Crippen LogP contribution >= 0.6 is 0 Å². The van der Waals surface area contributed by atoms with Crippen LogP contribution in [0.2, 0.25) is 0 Å². The Morgan fingerprint density at radius 1 is 1.38 bits per heavy atom. The van der Waals surface area contributed by atoms with Crippen molar-refractivity contribution in [3.63, 3.8) is 0 Å². The molecule has 4 nitrogen and oxygen atoms in total. The van der Waals surface area contributed by atoms with E-state index in [4.69, 9.17) is 14.9 Å². The molecule has 0 saturated carbocycles. The fraction of sp³-hybridized carbons (Fsp3) is 1.00. The molecular weight excluding hydrogens is 172 g/mol. The van der Waals surface area contributed by atoms with Crippen LogP contribution in [0.1, 0.15) is 20.3 Å². The fourth-order valence-electron chi connectivity index (χ4n) is 0.762. The predicted octanol–water partition coefficient (Wildman–Crippen LogP) is -0.235. The highest BCUT2D eigenvalue weighted by Gasteiger charge is 2.23. The van der Waals surface area contributed by atoms with E-state index in [2.05, 4.69) is 0 Å². The van der Waals surface area contributed by atoms with E-state index in [0.29, 0.717) is 13.0 Å². The standard InChI is InChI=1S/C9H20O4/c1-3-9(12,6-11)7-13-5-8(2)4-10/h8,10-12H,3-7H2,1-2H3. The molecule has 0 aliphatic carbocycles. The van der Waals surface area contributed by atoms with Crippen molar-refractivity contribution in [3.8, 4) is 0 Å². The quantitative estimate of drug-likeness (QED) is 0.521.